The predicted octanol–water partition coefficient (Wildman–Crippen LogP) is 1.62. The first-order valence-corrected chi connectivity index (χ1v) is 5.18. The highest BCUT2D eigenvalue weighted by Crippen LogP contribution is 2.21. The van der Waals surface area contributed by atoms with Crippen molar-refractivity contribution in [1.82, 2.24) is 4.98 Å². The van der Waals surface area contributed by atoms with Gasteiger partial charge in [-0.1, -0.05) is 11.6 Å². The summed E-state index contributed by atoms with van der Waals surface area (Å²) in [6.07, 6.45) is 1.81. The standard InChI is InChI=1S/C10H13ClN2O3/c1-6(2-3-14)13-9-8(11)4-7(5-12-9)10(15)16/h4-6,14H,2-3H2,1H3,(H,12,13)(H,15,16). The van der Waals surface area contributed by atoms with Crippen LogP contribution in [0.3, 0.4) is 0 Å². The van der Waals surface area contributed by atoms with Crippen molar-refractivity contribution in [2.24, 2.45) is 0 Å². The van der Waals surface area contributed by atoms with Crippen LogP contribution in [0.5, 0.6) is 0 Å². The van der Waals surface area contributed by atoms with Crippen LogP contribution in [-0.4, -0.2) is 33.8 Å². The third kappa shape index (κ3) is 3.36. The Morgan fingerprint density at radius 1 is 1.69 bits per heavy atom. The van der Waals surface area contributed by atoms with Crippen molar-refractivity contribution in [2.75, 3.05) is 11.9 Å². The van der Waals surface area contributed by atoms with E-state index in [4.69, 9.17) is 21.8 Å². The van der Waals surface area contributed by atoms with Gasteiger partial charge in [0.1, 0.15) is 5.82 Å². The lowest BCUT2D eigenvalue weighted by Gasteiger charge is -2.14. The number of rotatable bonds is 5. The fourth-order valence-corrected chi connectivity index (χ4v) is 1.38. The van der Waals surface area contributed by atoms with E-state index in [1.807, 2.05) is 6.92 Å². The van der Waals surface area contributed by atoms with E-state index in [1.165, 1.54) is 12.3 Å². The Balaban J connectivity index is 2.79. The third-order valence-corrected chi connectivity index (χ3v) is 2.32. The van der Waals surface area contributed by atoms with Gasteiger partial charge in [0.05, 0.1) is 10.6 Å². The Kier molecular flexibility index (Phi) is 4.52. The minimum atomic E-state index is -1.07. The smallest absolute Gasteiger partial charge is 0.337 e. The second-order valence-corrected chi connectivity index (χ2v) is 3.82. The van der Waals surface area contributed by atoms with Gasteiger partial charge in [-0.25, -0.2) is 9.78 Å². The molecule has 88 valence electrons. The van der Waals surface area contributed by atoms with Gasteiger partial charge in [-0.3, -0.25) is 0 Å². The lowest BCUT2D eigenvalue weighted by molar-refractivity contribution is 0.0696. The molecule has 16 heavy (non-hydrogen) atoms. The maximum Gasteiger partial charge on any atom is 0.337 e. The fourth-order valence-electron chi connectivity index (χ4n) is 1.16. The van der Waals surface area contributed by atoms with Crippen molar-refractivity contribution in [3.63, 3.8) is 0 Å². The van der Waals surface area contributed by atoms with E-state index in [2.05, 4.69) is 10.3 Å². The second-order valence-electron chi connectivity index (χ2n) is 3.42. The SMILES string of the molecule is CC(CCO)Nc1ncc(C(=O)O)cc1Cl. The molecule has 0 aliphatic heterocycles. The van der Waals surface area contributed by atoms with Gasteiger partial charge in [-0.15, -0.1) is 0 Å². The molecule has 3 N–H and O–H groups in total. The molecule has 0 radical (unpaired) electrons. The Morgan fingerprint density at radius 3 is 2.88 bits per heavy atom. The molecular weight excluding hydrogens is 232 g/mol. The molecule has 1 atom stereocenters. The molecule has 0 bridgehead atoms. The molecule has 0 spiro atoms. The quantitative estimate of drug-likeness (QED) is 0.733. The van der Waals surface area contributed by atoms with Crippen LogP contribution in [0, 0.1) is 0 Å². The summed E-state index contributed by atoms with van der Waals surface area (Å²) in [5, 5.41) is 20.7. The van der Waals surface area contributed by atoms with Gasteiger partial charge in [0.2, 0.25) is 0 Å². The fraction of sp³-hybridized carbons (Fsp3) is 0.400. The van der Waals surface area contributed by atoms with E-state index in [0.29, 0.717) is 12.2 Å². The Labute approximate surface area is 98.1 Å². The minimum Gasteiger partial charge on any atom is -0.478 e. The molecule has 0 amide bonds. The summed E-state index contributed by atoms with van der Waals surface area (Å²) < 4.78 is 0. The monoisotopic (exact) mass is 244 g/mol. The van der Waals surface area contributed by atoms with Gasteiger partial charge in [0, 0.05) is 18.8 Å². The van der Waals surface area contributed by atoms with Gasteiger partial charge in [-0.2, -0.15) is 0 Å². The van der Waals surface area contributed by atoms with Gasteiger partial charge >= 0.3 is 5.97 Å². The van der Waals surface area contributed by atoms with Gasteiger partial charge < -0.3 is 15.5 Å². The first-order chi connectivity index (χ1) is 7.54. The molecule has 0 aliphatic carbocycles. The largest absolute Gasteiger partial charge is 0.478 e. The van der Waals surface area contributed by atoms with E-state index >= 15 is 0 Å². The molecule has 0 fully saturated rings. The van der Waals surface area contributed by atoms with Gasteiger partial charge in [-0.05, 0) is 19.4 Å². The third-order valence-electron chi connectivity index (χ3n) is 2.03. The number of nitrogens with zero attached hydrogens (tertiary/aromatic N) is 1. The van der Waals surface area contributed by atoms with E-state index in [0.717, 1.165) is 0 Å². The highest BCUT2D eigenvalue weighted by molar-refractivity contribution is 6.33. The predicted molar refractivity (Wildman–Crippen MR) is 61.0 cm³/mol. The molecule has 0 saturated carbocycles. The van der Waals surface area contributed by atoms with Crippen molar-refractivity contribution in [2.45, 2.75) is 19.4 Å². The molecule has 1 heterocycles. The number of aliphatic hydroxyl groups excluding tert-OH is 1. The summed E-state index contributed by atoms with van der Waals surface area (Å²) in [5.74, 6) is -0.642. The number of carboxylic acid groups (broad SMARTS) is 1. The number of aromatic carboxylic acids is 1. The van der Waals surface area contributed by atoms with Crippen molar-refractivity contribution in [1.29, 1.82) is 0 Å². The van der Waals surface area contributed by atoms with E-state index in [9.17, 15) is 4.79 Å². The number of hydrogen-bond acceptors (Lipinski definition) is 4. The van der Waals surface area contributed by atoms with Crippen molar-refractivity contribution < 1.29 is 15.0 Å². The van der Waals surface area contributed by atoms with Crippen LogP contribution >= 0.6 is 11.6 Å². The van der Waals surface area contributed by atoms with Crippen LogP contribution in [0.4, 0.5) is 5.82 Å². The van der Waals surface area contributed by atoms with Crippen molar-refractivity contribution in [3.8, 4) is 0 Å². The van der Waals surface area contributed by atoms with E-state index in [1.54, 1.807) is 0 Å². The normalized spacial score (nSPS) is 12.2. The van der Waals surface area contributed by atoms with Crippen LogP contribution in [0.25, 0.3) is 0 Å². The zero-order valence-electron chi connectivity index (χ0n) is 8.77. The number of carbonyl (C=O) groups is 1. The number of hydrogen-bond donors (Lipinski definition) is 3. The van der Waals surface area contributed by atoms with Crippen LogP contribution in [-0.2, 0) is 0 Å². The highest BCUT2D eigenvalue weighted by Gasteiger charge is 2.10. The number of anilines is 1. The number of halogens is 1. The number of aliphatic hydroxyl groups is 1. The molecule has 1 rings (SSSR count). The zero-order valence-corrected chi connectivity index (χ0v) is 9.53. The molecule has 1 unspecified atom stereocenters. The number of aromatic nitrogens is 1. The first-order valence-electron chi connectivity index (χ1n) is 4.81. The summed E-state index contributed by atoms with van der Waals surface area (Å²) in [6.45, 7) is 1.94. The van der Waals surface area contributed by atoms with E-state index in [-0.39, 0.29) is 23.2 Å². The summed E-state index contributed by atoms with van der Waals surface area (Å²) in [6, 6.07) is 1.36. The minimum absolute atomic E-state index is 0.0191. The van der Waals surface area contributed by atoms with Crippen LogP contribution in [0.15, 0.2) is 12.3 Å². The highest BCUT2D eigenvalue weighted by atomic mass is 35.5. The Bertz CT molecular complexity index is 384. The number of nitrogens with one attached hydrogen (secondary N) is 1. The maximum absolute atomic E-state index is 10.6. The lowest BCUT2D eigenvalue weighted by Crippen LogP contribution is -2.17. The molecule has 0 aliphatic rings. The lowest BCUT2D eigenvalue weighted by atomic mass is 10.2. The molecule has 1 aromatic heterocycles. The molecule has 0 aromatic carbocycles. The molecule has 1 aromatic rings. The molecule has 5 nitrogen and oxygen atoms in total. The summed E-state index contributed by atoms with van der Waals surface area (Å²) in [5.41, 5.74) is 0.0466. The zero-order chi connectivity index (χ0) is 12.1. The molecule has 6 heteroatoms. The van der Waals surface area contributed by atoms with E-state index < -0.39 is 5.97 Å². The Hall–Kier alpha value is -1.33. The second kappa shape index (κ2) is 5.67. The average Bonchev–Trinajstić information content (AvgIpc) is 2.21. The topological polar surface area (TPSA) is 82.5 Å². The Morgan fingerprint density at radius 2 is 2.38 bits per heavy atom. The summed E-state index contributed by atoms with van der Waals surface area (Å²) in [7, 11) is 0. The van der Waals surface area contributed by atoms with Crippen molar-refractivity contribution >= 4 is 23.4 Å². The number of pyridine rings is 1. The maximum atomic E-state index is 10.6. The van der Waals surface area contributed by atoms with Gasteiger partial charge in [0.25, 0.3) is 0 Å². The average molecular weight is 245 g/mol. The summed E-state index contributed by atoms with van der Waals surface area (Å²) in [4.78, 5) is 14.6. The van der Waals surface area contributed by atoms with Gasteiger partial charge in [0.15, 0.2) is 0 Å². The van der Waals surface area contributed by atoms with Crippen LogP contribution in [0.1, 0.15) is 23.7 Å². The van der Waals surface area contributed by atoms with Crippen LogP contribution < -0.4 is 5.32 Å². The first kappa shape index (κ1) is 12.7. The van der Waals surface area contributed by atoms with Crippen molar-refractivity contribution in [3.05, 3.63) is 22.8 Å². The van der Waals surface area contributed by atoms with Crippen LogP contribution in [0.2, 0.25) is 5.02 Å². The number of carboxylic acids is 1. The molecule has 0 saturated heterocycles. The summed E-state index contributed by atoms with van der Waals surface area (Å²) >= 11 is 5.87. The molecular formula is C10H13ClN2O3.